The average molecular weight is 656 g/mol. The van der Waals surface area contributed by atoms with Crippen molar-refractivity contribution in [2.24, 2.45) is 0 Å². The van der Waals surface area contributed by atoms with Crippen LogP contribution in [0.4, 0.5) is 0 Å². The van der Waals surface area contributed by atoms with Crippen LogP contribution in [0.2, 0.25) is 0 Å². The van der Waals surface area contributed by atoms with E-state index in [1.807, 2.05) is 0 Å². The molecule has 0 aliphatic carbocycles. The van der Waals surface area contributed by atoms with E-state index in [4.69, 9.17) is 4.74 Å². The number of hydrogen-bond acceptors (Lipinski definition) is 1. The zero-order valence-corrected chi connectivity index (χ0v) is 29.0. The molecule has 3 heteroatoms. The molecule has 0 fully saturated rings. The van der Waals surface area contributed by atoms with E-state index in [0.29, 0.717) is 0 Å². The van der Waals surface area contributed by atoms with Crippen molar-refractivity contribution < 1.29 is 4.74 Å². The highest BCUT2D eigenvalue weighted by Gasteiger charge is 2.52. The number of benzene rings is 7. The van der Waals surface area contributed by atoms with Gasteiger partial charge < -0.3 is 4.74 Å². The van der Waals surface area contributed by atoms with E-state index in [1.165, 1.54) is 48.3 Å². The summed E-state index contributed by atoms with van der Waals surface area (Å²) in [6.07, 6.45) is 0. The van der Waals surface area contributed by atoms with Gasteiger partial charge in [-0.3, -0.25) is 0 Å². The Hall–Kier alpha value is -4.80. The Balaban J connectivity index is 1.43. The first kappa shape index (κ1) is 30.5. The van der Waals surface area contributed by atoms with Gasteiger partial charge in [0.25, 0.3) is 0 Å². The normalized spacial score (nSPS) is 13.3. The molecular formula is C45H37OP2+. The first-order chi connectivity index (χ1) is 23.6. The lowest BCUT2D eigenvalue weighted by atomic mass is 9.76. The summed E-state index contributed by atoms with van der Waals surface area (Å²) in [6, 6.07) is 68.8. The molecule has 7 aromatic rings. The topological polar surface area (TPSA) is 9.23 Å². The van der Waals surface area contributed by atoms with Crippen LogP contribution in [0.25, 0.3) is 0 Å². The van der Waals surface area contributed by atoms with Gasteiger partial charge in [0.2, 0.25) is 0 Å². The van der Waals surface area contributed by atoms with Gasteiger partial charge in [-0.2, -0.15) is 0 Å². The molecular weight excluding hydrogens is 618 g/mol. The van der Waals surface area contributed by atoms with Crippen molar-refractivity contribution in [2.45, 2.75) is 19.3 Å². The Bertz CT molecular complexity index is 2030. The molecule has 0 bridgehead atoms. The molecule has 0 saturated carbocycles. The lowest BCUT2D eigenvalue weighted by Crippen LogP contribution is -2.41. The summed E-state index contributed by atoms with van der Waals surface area (Å²) in [7, 11) is -3.29. The maximum atomic E-state index is 7.51. The van der Waals surface area contributed by atoms with Gasteiger partial charge in [0.15, 0.2) is 11.1 Å². The molecule has 1 heterocycles. The van der Waals surface area contributed by atoms with Gasteiger partial charge in [0.05, 0.1) is 0 Å². The van der Waals surface area contributed by atoms with Gasteiger partial charge >= 0.3 is 0 Å². The zero-order valence-electron chi connectivity index (χ0n) is 27.2. The molecule has 1 aliphatic rings. The average Bonchev–Trinajstić information content (AvgIpc) is 3.15. The Morgan fingerprint density at radius 1 is 0.417 bits per heavy atom. The van der Waals surface area contributed by atoms with Crippen molar-refractivity contribution in [3.05, 3.63) is 199 Å². The minimum atomic E-state index is -2.41. The highest BCUT2D eigenvalue weighted by molar-refractivity contribution is 8.01. The second-order valence-corrected chi connectivity index (χ2v) is 18.3. The van der Waals surface area contributed by atoms with Gasteiger partial charge in [-0.1, -0.05) is 159 Å². The lowest BCUT2D eigenvalue weighted by Gasteiger charge is -2.38. The second-order valence-electron chi connectivity index (χ2n) is 12.7. The van der Waals surface area contributed by atoms with E-state index in [-0.39, 0.29) is 5.41 Å². The summed E-state index contributed by atoms with van der Waals surface area (Å²) in [5.41, 5.74) is 2.16. The third kappa shape index (κ3) is 5.02. The van der Waals surface area contributed by atoms with Crippen molar-refractivity contribution in [2.75, 3.05) is 0 Å². The first-order valence-electron chi connectivity index (χ1n) is 16.5. The number of hydrogen-bond donors (Lipinski definition) is 0. The molecule has 0 amide bonds. The summed E-state index contributed by atoms with van der Waals surface area (Å²) >= 11 is 0. The van der Waals surface area contributed by atoms with Gasteiger partial charge in [-0.05, 0) is 61.0 Å². The maximum Gasteiger partial charge on any atom is 0.174 e. The molecule has 8 rings (SSSR count). The van der Waals surface area contributed by atoms with E-state index in [0.717, 1.165) is 11.5 Å². The zero-order chi connectivity index (χ0) is 32.6. The fourth-order valence-electron chi connectivity index (χ4n) is 7.34. The fourth-order valence-corrected chi connectivity index (χ4v) is 14.1. The quantitative estimate of drug-likeness (QED) is 0.157. The first-order valence-corrected chi connectivity index (χ1v) is 19.6. The summed E-state index contributed by atoms with van der Waals surface area (Å²) in [5.74, 6) is 1.98. The molecule has 0 aromatic heterocycles. The monoisotopic (exact) mass is 655 g/mol. The van der Waals surface area contributed by atoms with Crippen LogP contribution in [0, 0.1) is 0 Å². The Morgan fingerprint density at radius 2 is 0.812 bits per heavy atom. The van der Waals surface area contributed by atoms with Crippen molar-refractivity contribution >= 4 is 52.3 Å². The fraction of sp³-hybridized carbons (Fsp3) is 0.0667. The van der Waals surface area contributed by atoms with Gasteiger partial charge in [0, 0.05) is 21.8 Å². The van der Waals surface area contributed by atoms with Crippen LogP contribution < -0.4 is 41.9 Å². The molecule has 7 aromatic carbocycles. The second kappa shape index (κ2) is 12.7. The molecule has 0 unspecified atom stereocenters. The molecule has 1 aliphatic heterocycles. The van der Waals surface area contributed by atoms with E-state index < -0.39 is 15.2 Å². The summed E-state index contributed by atoms with van der Waals surface area (Å²) < 4.78 is 7.51. The minimum absolute atomic E-state index is 0.289. The van der Waals surface area contributed by atoms with E-state index >= 15 is 0 Å². The Kier molecular flexibility index (Phi) is 8.06. The largest absolute Gasteiger partial charge is 0.452 e. The number of ether oxygens (including phenoxy) is 1. The lowest BCUT2D eigenvalue weighted by molar-refractivity contribution is 0.425. The van der Waals surface area contributed by atoms with Crippen molar-refractivity contribution in [3.63, 3.8) is 0 Å². The Morgan fingerprint density at radius 3 is 1.27 bits per heavy atom. The van der Waals surface area contributed by atoms with E-state index in [1.54, 1.807) is 0 Å². The highest BCUT2D eigenvalue weighted by atomic mass is 31.2. The Labute approximate surface area is 286 Å². The third-order valence-electron chi connectivity index (χ3n) is 9.60. The predicted molar refractivity (Wildman–Crippen MR) is 209 cm³/mol. The van der Waals surface area contributed by atoms with Crippen LogP contribution in [0.5, 0.6) is 11.5 Å². The van der Waals surface area contributed by atoms with Crippen LogP contribution in [-0.2, 0) is 5.41 Å². The smallest absolute Gasteiger partial charge is 0.174 e. The predicted octanol–water partition coefficient (Wildman–Crippen LogP) is 8.50. The molecule has 1 nitrogen and oxygen atoms in total. The highest BCUT2D eigenvalue weighted by Crippen LogP contribution is 2.59. The van der Waals surface area contributed by atoms with Gasteiger partial charge in [-0.25, -0.2) is 0 Å². The molecule has 232 valence electrons. The number of para-hydroxylation sites is 2. The molecule has 0 spiro atoms. The SMILES string of the molecule is CC1(C)c2cccc(P(c3ccccc3)c3ccccc3)c2Oc2c1cccc2[P+](c1ccccc1)(c1ccccc1)c1ccccc1. The van der Waals surface area contributed by atoms with Crippen LogP contribution in [0.1, 0.15) is 25.0 Å². The molecule has 48 heavy (non-hydrogen) atoms. The molecule has 0 saturated heterocycles. The molecule has 0 atom stereocenters. The van der Waals surface area contributed by atoms with E-state index in [9.17, 15) is 0 Å². The summed E-state index contributed by atoms with van der Waals surface area (Å²) in [4.78, 5) is 0. The summed E-state index contributed by atoms with van der Waals surface area (Å²) in [5, 5.41) is 9.06. The minimum Gasteiger partial charge on any atom is -0.452 e. The van der Waals surface area contributed by atoms with Crippen LogP contribution in [-0.4, -0.2) is 0 Å². The standard InChI is InChI=1S/C45H37OP2/c1-45(2)39-30-18-32-41(47(34-20-8-3-9-21-34)35-22-10-4-11-23-35)43(39)46-44-40(45)31-19-33-42(44)48(36-24-12-5-13-25-36,37-26-14-6-15-27-37)38-28-16-7-17-29-38/h3-33H,1-2H3/q+1. The maximum absolute atomic E-state index is 7.51. The molecule has 0 radical (unpaired) electrons. The number of rotatable bonds is 7. The van der Waals surface area contributed by atoms with Gasteiger partial charge in [0.1, 0.15) is 28.9 Å². The van der Waals surface area contributed by atoms with E-state index in [2.05, 4.69) is 202 Å². The number of fused-ring (bicyclic) bond motifs is 2. The van der Waals surface area contributed by atoms with Crippen molar-refractivity contribution in [1.82, 2.24) is 0 Å². The van der Waals surface area contributed by atoms with Crippen molar-refractivity contribution in [3.8, 4) is 11.5 Å². The molecule has 0 N–H and O–H groups in total. The van der Waals surface area contributed by atoms with Crippen LogP contribution in [0.3, 0.4) is 0 Å². The van der Waals surface area contributed by atoms with Crippen molar-refractivity contribution in [1.29, 1.82) is 0 Å². The van der Waals surface area contributed by atoms with Gasteiger partial charge in [-0.15, -0.1) is 0 Å². The third-order valence-corrected chi connectivity index (χ3v) is 16.4. The van der Waals surface area contributed by atoms with Crippen LogP contribution in [0.15, 0.2) is 188 Å². The summed E-state index contributed by atoms with van der Waals surface area (Å²) in [6.45, 7) is 4.73. The van der Waals surface area contributed by atoms with Crippen LogP contribution >= 0.6 is 15.2 Å².